The van der Waals surface area contributed by atoms with Gasteiger partial charge < -0.3 is 10.4 Å². The molecule has 1 heterocycles. The molecule has 0 saturated carbocycles. The van der Waals surface area contributed by atoms with Crippen LogP contribution in [0.3, 0.4) is 0 Å². The highest BCUT2D eigenvalue weighted by Gasteiger charge is 2.12. The van der Waals surface area contributed by atoms with Gasteiger partial charge in [-0.05, 0) is 20.3 Å². The number of aromatic nitrogens is 1. The Hall–Kier alpha value is -1.40. The number of rotatable bonds is 5. The number of hydrogen-bond donors (Lipinski definition) is 2. The molecule has 0 saturated heterocycles. The van der Waals surface area contributed by atoms with Crippen LogP contribution in [0.2, 0.25) is 5.15 Å². The first kappa shape index (κ1) is 13.7. The van der Waals surface area contributed by atoms with Gasteiger partial charge in [0.15, 0.2) is 0 Å². The molecule has 0 spiro atoms. The zero-order valence-electron chi connectivity index (χ0n) is 9.55. The Morgan fingerprint density at radius 3 is 2.76 bits per heavy atom. The first-order valence-corrected chi connectivity index (χ1v) is 5.53. The van der Waals surface area contributed by atoms with E-state index in [1.165, 1.54) is 12.1 Å². The molecular formula is C10H14ClN3O3. The first-order valence-electron chi connectivity index (χ1n) is 5.15. The lowest BCUT2D eigenvalue weighted by Crippen LogP contribution is -2.21. The van der Waals surface area contributed by atoms with Crippen LogP contribution in [-0.4, -0.2) is 27.2 Å². The molecule has 0 amide bonds. The molecule has 0 bridgehead atoms. The second-order valence-corrected chi connectivity index (χ2v) is 4.31. The average Bonchev–Trinajstić information content (AvgIpc) is 2.14. The van der Waals surface area contributed by atoms with Gasteiger partial charge in [-0.2, -0.15) is 0 Å². The fraction of sp³-hybridized carbons (Fsp3) is 0.500. The zero-order chi connectivity index (χ0) is 13.0. The minimum absolute atomic E-state index is 0.0550. The van der Waals surface area contributed by atoms with Crippen molar-refractivity contribution < 1.29 is 10.0 Å². The number of hydrogen-bond acceptors (Lipinski definition) is 5. The fourth-order valence-corrected chi connectivity index (χ4v) is 1.69. The highest BCUT2D eigenvalue weighted by atomic mass is 35.5. The monoisotopic (exact) mass is 259 g/mol. The Kier molecular flexibility index (Phi) is 4.65. The van der Waals surface area contributed by atoms with Crippen molar-refractivity contribution >= 4 is 23.1 Å². The molecule has 2 atom stereocenters. The molecule has 0 aliphatic carbocycles. The van der Waals surface area contributed by atoms with E-state index in [2.05, 4.69) is 10.3 Å². The molecule has 17 heavy (non-hydrogen) atoms. The van der Waals surface area contributed by atoms with Gasteiger partial charge in [0.2, 0.25) is 0 Å². The summed E-state index contributed by atoms with van der Waals surface area (Å²) in [6.07, 6.45) is 0.0637. The van der Waals surface area contributed by atoms with Gasteiger partial charge in [0, 0.05) is 6.04 Å². The normalized spacial score (nSPS) is 14.1. The highest BCUT2D eigenvalue weighted by molar-refractivity contribution is 6.29. The van der Waals surface area contributed by atoms with E-state index in [0.29, 0.717) is 12.2 Å². The van der Waals surface area contributed by atoms with Crippen LogP contribution < -0.4 is 5.32 Å². The van der Waals surface area contributed by atoms with Crippen molar-refractivity contribution in [1.82, 2.24) is 4.98 Å². The summed E-state index contributed by atoms with van der Waals surface area (Å²) in [7, 11) is 0. The summed E-state index contributed by atoms with van der Waals surface area (Å²) in [6, 6.07) is 2.44. The van der Waals surface area contributed by atoms with Crippen LogP contribution >= 0.6 is 11.6 Å². The maximum atomic E-state index is 10.6. The molecular weight excluding hydrogens is 246 g/mol. The second-order valence-electron chi connectivity index (χ2n) is 3.92. The molecule has 2 unspecified atom stereocenters. The van der Waals surface area contributed by atoms with E-state index in [1.54, 1.807) is 6.92 Å². The number of nitrogens with zero attached hydrogens (tertiary/aromatic N) is 2. The minimum Gasteiger partial charge on any atom is -0.393 e. The molecule has 6 nitrogen and oxygen atoms in total. The SMILES string of the molecule is CC(O)CC(C)Nc1cc([N+](=O)[O-])cc(Cl)n1. The maximum absolute atomic E-state index is 10.6. The summed E-state index contributed by atoms with van der Waals surface area (Å²) < 4.78 is 0. The van der Waals surface area contributed by atoms with Crippen LogP contribution in [0.15, 0.2) is 12.1 Å². The molecule has 0 aromatic carbocycles. The lowest BCUT2D eigenvalue weighted by molar-refractivity contribution is -0.384. The van der Waals surface area contributed by atoms with Crippen molar-refractivity contribution in [3.8, 4) is 0 Å². The summed E-state index contributed by atoms with van der Waals surface area (Å²) in [5.74, 6) is 0.331. The van der Waals surface area contributed by atoms with Crippen molar-refractivity contribution in [3.05, 3.63) is 27.4 Å². The number of anilines is 1. The predicted molar refractivity (Wildman–Crippen MR) is 65.3 cm³/mol. The summed E-state index contributed by atoms with van der Waals surface area (Å²) in [6.45, 7) is 3.52. The lowest BCUT2D eigenvalue weighted by Gasteiger charge is -2.15. The van der Waals surface area contributed by atoms with Gasteiger partial charge >= 0.3 is 0 Å². The van der Waals surface area contributed by atoms with E-state index < -0.39 is 11.0 Å². The number of aliphatic hydroxyl groups is 1. The number of nitrogens with one attached hydrogen (secondary N) is 1. The van der Waals surface area contributed by atoms with Crippen molar-refractivity contribution in [2.45, 2.75) is 32.4 Å². The van der Waals surface area contributed by atoms with Gasteiger partial charge in [-0.15, -0.1) is 0 Å². The molecule has 1 aromatic heterocycles. The Morgan fingerprint density at radius 1 is 1.59 bits per heavy atom. The summed E-state index contributed by atoms with van der Waals surface area (Å²) >= 11 is 5.68. The third kappa shape index (κ3) is 4.54. The lowest BCUT2D eigenvalue weighted by atomic mass is 10.1. The van der Waals surface area contributed by atoms with Crippen LogP contribution in [0, 0.1) is 10.1 Å². The van der Waals surface area contributed by atoms with Gasteiger partial charge in [-0.1, -0.05) is 11.6 Å². The molecule has 0 aliphatic rings. The third-order valence-corrected chi connectivity index (χ3v) is 2.27. The van der Waals surface area contributed by atoms with Crippen molar-refractivity contribution in [2.75, 3.05) is 5.32 Å². The van der Waals surface area contributed by atoms with Crippen LogP contribution in [0.4, 0.5) is 11.5 Å². The Labute approximate surface area is 104 Å². The van der Waals surface area contributed by atoms with E-state index >= 15 is 0 Å². The van der Waals surface area contributed by atoms with Crippen molar-refractivity contribution in [2.24, 2.45) is 0 Å². The number of halogens is 1. The van der Waals surface area contributed by atoms with Crippen molar-refractivity contribution in [3.63, 3.8) is 0 Å². The molecule has 2 N–H and O–H groups in total. The maximum Gasteiger partial charge on any atom is 0.276 e. The topological polar surface area (TPSA) is 88.3 Å². The van der Waals surface area contributed by atoms with E-state index in [-0.39, 0.29) is 16.9 Å². The minimum atomic E-state index is -0.530. The molecule has 1 rings (SSSR count). The molecule has 0 radical (unpaired) electrons. The van der Waals surface area contributed by atoms with Crippen LogP contribution in [0.1, 0.15) is 20.3 Å². The van der Waals surface area contributed by atoms with E-state index in [4.69, 9.17) is 11.6 Å². The summed E-state index contributed by atoms with van der Waals surface area (Å²) in [4.78, 5) is 14.0. The molecule has 7 heteroatoms. The molecule has 94 valence electrons. The zero-order valence-corrected chi connectivity index (χ0v) is 10.3. The largest absolute Gasteiger partial charge is 0.393 e. The number of aliphatic hydroxyl groups excluding tert-OH is 1. The molecule has 0 aliphatic heterocycles. The van der Waals surface area contributed by atoms with Gasteiger partial charge in [0.25, 0.3) is 5.69 Å². The van der Waals surface area contributed by atoms with Crippen LogP contribution in [0.5, 0.6) is 0 Å². The van der Waals surface area contributed by atoms with E-state index in [9.17, 15) is 15.2 Å². The van der Waals surface area contributed by atoms with Crippen molar-refractivity contribution in [1.29, 1.82) is 0 Å². The predicted octanol–water partition coefficient (Wildman–Crippen LogP) is 2.21. The van der Waals surface area contributed by atoms with Gasteiger partial charge in [-0.25, -0.2) is 4.98 Å². The van der Waals surface area contributed by atoms with E-state index in [1.807, 2.05) is 6.92 Å². The average molecular weight is 260 g/mol. The summed E-state index contributed by atoms with van der Waals surface area (Å²) in [5.41, 5.74) is -0.114. The first-order chi connectivity index (χ1) is 7.88. The second kappa shape index (κ2) is 5.79. The summed E-state index contributed by atoms with van der Waals surface area (Å²) in [5, 5.41) is 22.8. The number of nitro groups is 1. The molecule has 1 aromatic rings. The van der Waals surface area contributed by atoms with E-state index in [0.717, 1.165) is 0 Å². The van der Waals surface area contributed by atoms with Gasteiger partial charge in [0.1, 0.15) is 11.0 Å². The van der Waals surface area contributed by atoms with Gasteiger partial charge in [0.05, 0.1) is 23.2 Å². The van der Waals surface area contributed by atoms with Crippen LogP contribution in [-0.2, 0) is 0 Å². The van der Waals surface area contributed by atoms with Gasteiger partial charge in [-0.3, -0.25) is 10.1 Å². The highest BCUT2D eigenvalue weighted by Crippen LogP contribution is 2.21. The smallest absolute Gasteiger partial charge is 0.276 e. The Balaban J connectivity index is 2.80. The third-order valence-electron chi connectivity index (χ3n) is 2.08. The van der Waals surface area contributed by atoms with Crippen LogP contribution in [0.25, 0.3) is 0 Å². The molecule has 0 fully saturated rings. The number of pyridine rings is 1. The Bertz CT molecular complexity index is 412. The standard InChI is InChI=1S/C10H14ClN3O3/c1-6(3-7(2)15)12-10-5-8(14(16)17)4-9(11)13-10/h4-7,15H,3H2,1-2H3,(H,12,13). The Morgan fingerprint density at radius 2 is 2.24 bits per heavy atom. The fourth-order valence-electron chi connectivity index (χ4n) is 1.49. The quantitative estimate of drug-likeness (QED) is 0.481.